The second-order valence-electron chi connectivity index (χ2n) is 21.6. The topological polar surface area (TPSA) is 23.0 Å². The lowest BCUT2D eigenvalue weighted by molar-refractivity contribution is 0.669. The number of hydrogen-bond acceptors (Lipinski definition) is 1. The van der Waals surface area contributed by atoms with Crippen molar-refractivity contribution in [3.05, 3.63) is 315 Å². The number of hydrogen-bond donors (Lipinski definition) is 0. The van der Waals surface area contributed by atoms with Gasteiger partial charge >= 0.3 is 0 Å². The normalized spacial score (nSPS) is 11.9. The third-order valence-corrected chi connectivity index (χ3v) is 21.8. The van der Waals surface area contributed by atoms with Crippen molar-refractivity contribution < 1.29 is 4.42 Å². The van der Waals surface area contributed by atoms with Crippen LogP contribution in [0.1, 0.15) is 0 Å². The molecule has 16 rings (SSSR count). The van der Waals surface area contributed by atoms with E-state index in [2.05, 4.69) is 325 Å². The Morgan fingerprint density at radius 1 is 0.232 bits per heavy atom. The Morgan fingerprint density at radius 2 is 0.683 bits per heavy atom. The first kappa shape index (κ1) is 47.5. The van der Waals surface area contributed by atoms with Gasteiger partial charge in [-0.25, -0.2) is 0 Å². The maximum Gasteiger partial charge on any atom is 0.179 e. The van der Waals surface area contributed by atoms with Gasteiger partial charge in [0.25, 0.3) is 0 Å². The molecule has 0 atom stereocenters. The molecule has 3 aromatic heterocycles. The molecule has 0 saturated carbocycles. The molecule has 82 heavy (non-hydrogen) atoms. The van der Waals surface area contributed by atoms with Crippen LogP contribution in [0.3, 0.4) is 0 Å². The zero-order chi connectivity index (χ0) is 54.1. The molecule has 4 heteroatoms. The summed E-state index contributed by atoms with van der Waals surface area (Å²) >= 11 is 0. The molecule has 0 aliphatic heterocycles. The second kappa shape index (κ2) is 19.4. The maximum absolute atomic E-state index is 6.72. The number of rotatable bonds is 10. The zero-order valence-corrected chi connectivity index (χ0v) is 45.8. The van der Waals surface area contributed by atoms with E-state index in [4.69, 9.17) is 4.42 Å². The van der Waals surface area contributed by atoms with Gasteiger partial charge < -0.3 is 13.6 Å². The van der Waals surface area contributed by atoms with Gasteiger partial charge in [0, 0.05) is 43.7 Å². The van der Waals surface area contributed by atoms with E-state index < -0.39 is 8.07 Å². The summed E-state index contributed by atoms with van der Waals surface area (Å²) in [6.45, 7) is 0. The number of para-hydroxylation sites is 1. The van der Waals surface area contributed by atoms with E-state index in [9.17, 15) is 0 Å². The molecule has 0 spiro atoms. The Bertz CT molecular complexity index is 4980. The third kappa shape index (κ3) is 7.64. The summed E-state index contributed by atoms with van der Waals surface area (Å²) in [4.78, 5) is 0. The largest absolute Gasteiger partial charge is 0.456 e. The van der Waals surface area contributed by atoms with Crippen molar-refractivity contribution in [1.29, 1.82) is 0 Å². The Kier molecular flexibility index (Phi) is 11.2. The average molecular weight is 1060 g/mol. The van der Waals surface area contributed by atoms with Crippen LogP contribution >= 0.6 is 0 Å². The van der Waals surface area contributed by atoms with Crippen molar-refractivity contribution >= 4 is 94.4 Å². The molecule has 0 saturated heterocycles. The van der Waals surface area contributed by atoms with Crippen LogP contribution in [0, 0.1) is 0 Å². The van der Waals surface area contributed by atoms with Crippen LogP contribution in [-0.4, -0.2) is 17.2 Å². The van der Waals surface area contributed by atoms with Gasteiger partial charge in [0.15, 0.2) is 8.07 Å². The summed E-state index contributed by atoms with van der Waals surface area (Å²) in [6, 6.07) is 116. The van der Waals surface area contributed by atoms with E-state index in [1.807, 2.05) is 0 Å². The Hall–Kier alpha value is -10.5. The number of nitrogens with zero attached hydrogens (tertiary/aromatic N) is 2. The van der Waals surface area contributed by atoms with E-state index in [0.29, 0.717) is 0 Å². The lowest BCUT2D eigenvalue weighted by atomic mass is 9.95. The van der Waals surface area contributed by atoms with Gasteiger partial charge in [0.2, 0.25) is 0 Å². The van der Waals surface area contributed by atoms with Crippen LogP contribution in [0.5, 0.6) is 0 Å². The lowest BCUT2D eigenvalue weighted by Crippen LogP contribution is -2.74. The molecular formula is C78H52N2OSi. The molecule has 0 aliphatic rings. The van der Waals surface area contributed by atoms with Crippen molar-refractivity contribution in [1.82, 2.24) is 9.13 Å². The van der Waals surface area contributed by atoms with Crippen molar-refractivity contribution in [2.45, 2.75) is 0 Å². The van der Waals surface area contributed by atoms with E-state index >= 15 is 0 Å². The first-order valence-corrected chi connectivity index (χ1v) is 30.2. The molecule has 0 amide bonds. The molecule has 384 valence electrons. The molecule has 13 aromatic carbocycles. The second-order valence-corrected chi connectivity index (χ2v) is 25.4. The SMILES string of the molecule is c1ccc(-c2cccc(-c3ccc4oc5cccc(-c6ccc7c(c6)c6cc([Si](c8ccccc8)(c8ccccc8)c8ccccc8)ccc6n7-c6ccc7c(c6)c6ccccc6n7-c6cccc(-c7ccccc7)c6)c5c4c3)c2)cc1. The summed E-state index contributed by atoms with van der Waals surface area (Å²) in [7, 11) is -2.91. The predicted molar refractivity (Wildman–Crippen MR) is 348 cm³/mol. The van der Waals surface area contributed by atoms with Crippen LogP contribution in [0.15, 0.2) is 320 Å². The predicted octanol–water partition coefficient (Wildman–Crippen LogP) is 17.8. The molecule has 0 radical (unpaired) electrons. The highest BCUT2D eigenvalue weighted by Crippen LogP contribution is 2.43. The summed E-state index contributed by atoms with van der Waals surface area (Å²) in [6.07, 6.45) is 0. The molecule has 0 aliphatic carbocycles. The van der Waals surface area contributed by atoms with Crippen LogP contribution in [0.25, 0.3) is 121 Å². The van der Waals surface area contributed by atoms with Gasteiger partial charge in [-0.1, -0.05) is 237 Å². The fourth-order valence-electron chi connectivity index (χ4n) is 13.4. The molecule has 0 unspecified atom stereocenters. The maximum atomic E-state index is 6.72. The number of aromatic nitrogens is 2. The molecule has 16 aromatic rings. The van der Waals surface area contributed by atoms with Gasteiger partial charge in [-0.05, 0) is 144 Å². The zero-order valence-electron chi connectivity index (χ0n) is 44.8. The van der Waals surface area contributed by atoms with E-state index in [1.165, 1.54) is 75.6 Å². The fourth-order valence-corrected chi connectivity index (χ4v) is 18.1. The van der Waals surface area contributed by atoms with Crippen molar-refractivity contribution in [3.8, 4) is 55.9 Å². The molecule has 3 heterocycles. The standard InChI is InChI=1S/C78H52N2OSi/c1-6-21-53(22-7-1)55-25-18-26-56(47-55)58-40-46-76-71(49-58)78-66(36-20-38-77(78)81-76)59-39-43-73-68(50-59)70-52-65(82(62-29-10-3-11-30-62,63-31-12-4-13-32-63)64-33-14-5-15-34-64)42-45-75(70)80(73)61-41-44-74-69(51-61)67-35-16-17-37-72(67)79(74)60-28-19-27-57(48-60)54-23-8-2-9-24-54/h1-52H. The Morgan fingerprint density at radius 3 is 1.34 bits per heavy atom. The average Bonchev–Trinajstić information content (AvgIpc) is 4.37. The van der Waals surface area contributed by atoms with Gasteiger partial charge in [0.05, 0.1) is 22.1 Å². The molecular weight excluding hydrogens is 1010 g/mol. The smallest absolute Gasteiger partial charge is 0.179 e. The Balaban J connectivity index is 0.931. The van der Waals surface area contributed by atoms with Gasteiger partial charge in [-0.3, -0.25) is 0 Å². The molecule has 0 fully saturated rings. The van der Waals surface area contributed by atoms with Gasteiger partial charge in [-0.2, -0.15) is 0 Å². The Labute approximate surface area is 476 Å². The third-order valence-electron chi connectivity index (χ3n) is 17.1. The highest BCUT2D eigenvalue weighted by Gasteiger charge is 2.41. The van der Waals surface area contributed by atoms with Crippen molar-refractivity contribution in [2.24, 2.45) is 0 Å². The van der Waals surface area contributed by atoms with Crippen LogP contribution in [-0.2, 0) is 0 Å². The molecule has 0 bridgehead atoms. The van der Waals surface area contributed by atoms with Gasteiger partial charge in [-0.15, -0.1) is 0 Å². The highest BCUT2D eigenvalue weighted by molar-refractivity contribution is 7.20. The van der Waals surface area contributed by atoms with Crippen LogP contribution < -0.4 is 20.7 Å². The van der Waals surface area contributed by atoms with Crippen molar-refractivity contribution in [2.75, 3.05) is 0 Å². The van der Waals surface area contributed by atoms with Crippen LogP contribution in [0.4, 0.5) is 0 Å². The number of benzene rings is 13. The first-order chi connectivity index (χ1) is 40.7. The molecule has 0 N–H and O–H groups in total. The summed E-state index contributed by atoms with van der Waals surface area (Å²) in [5.74, 6) is 0. The lowest BCUT2D eigenvalue weighted by Gasteiger charge is -2.34. The number of fused-ring (bicyclic) bond motifs is 9. The van der Waals surface area contributed by atoms with Gasteiger partial charge in [0.1, 0.15) is 11.2 Å². The van der Waals surface area contributed by atoms with E-state index in [1.54, 1.807) is 0 Å². The minimum Gasteiger partial charge on any atom is -0.456 e. The van der Waals surface area contributed by atoms with E-state index in [0.717, 1.165) is 66.6 Å². The minimum atomic E-state index is -2.91. The van der Waals surface area contributed by atoms with Crippen molar-refractivity contribution in [3.63, 3.8) is 0 Å². The minimum absolute atomic E-state index is 0.871. The summed E-state index contributed by atoms with van der Waals surface area (Å²) in [5.41, 5.74) is 18.0. The molecule has 3 nitrogen and oxygen atoms in total. The van der Waals surface area contributed by atoms with E-state index in [-0.39, 0.29) is 0 Å². The summed E-state index contributed by atoms with van der Waals surface area (Å²) in [5, 5.41) is 12.4. The quantitative estimate of drug-likeness (QED) is 0.0989. The van der Waals surface area contributed by atoms with Crippen LogP contribution in [0.2, 0.25) is 0 Å². The monoisotopic (exact) mass is 1060 g/mol. The number of furan rings is 1. The fraction of sp³-hybridized carbons (Fsp3) is 0. The first-order valence-electron chi connectivity index (χ1n) is 28.2. The highest BCUT2D eigenvalue weighted by atomic mass is 28.3. The summed E-state index contributed by atoms with van der Waals surface area (Å²) < 4.78 is 11.6.